The number of benzene rings is 1. The first-order valence-corrected chi connectivity index (χ1v) is 9.16. The van der Waals surface area contributed by atoms with E-state index in [1.54, 1.807) is 31.5 Å². The van der Waals surface area contributed by atoms with E-state index >= 15 is 0 Å². The number of halogens is 3. The first kappa shape index (κ1) is 18.6. The maximum absolute atomic E-state index is 13.3. The molecule has 2 heterocycles. The molecule has 1 aromatic heterocycles. The van der Waals surface area contributed by atoms with Crippen LogP contribution in [0.25, 0.3) is 0 Å². The second-order valence-corrected chi connectivity index (χ2v) is 7.22. The van der Waals surface area contributed by atoms with Crippen LogP contribution in [-0.4, -0.2) is 33.5 Å². The van der Waals surface area contributed by atoms with E-state index < -0.39 is 17.8 Å². The van der Waals surface area contributed by atoms with Crippen LogP contribution in [0.4, 0.5) is 13.2 Å². The Labute approximate surface area is 160 Å². The number of nitrogens with zero attached hydrogens (tertiary/aromatic N) is 4. The second kappa shape index (κ2) is 7.00. The highest BCUT2D eigenvalue weighted by Crippen LogP contribution is 2.50. The number of hydrazone groups is 1. The molecule has 1 unspecified atom stereocenters. The molecule has 1 fully saturated rings. The molecule has 0 spiro atoms. The molecule has 0 N–H and O–H groups in total. The van der Waals surface area contributed by atoms with Gasteiger partial charge in [0.25, 0.3) is 0 Å². The van der Waals surface area contributed by atoms with Gasteiger partial charge in [0.05, 0.1) is 17.8 Å². The Balaban J connectivity index is 1.72. The van der Waals surface area contributed by atoms with Crippen LogP contribution >= 0.6 is 0 Å². The number of rotatable bonds is 4. The summed E-state index contributed by atoms with van der Waals surface area (Å²) in [6.45, 7) is 1.86. The van der Waals surface area contributed by atoms with Gasteiger partial charge in [-0.15, -0.1) is 0 Å². The van der Waals surface area contributed by atoms with E-state index in [1.165, 1.54) is 17.3 Å². The summed E-state index contributed by atoms with van der Waals surface area (Å²) in [6, 6.07) is 5.18. The highest BCUT2D eigenvalue weighted by Gasteiger charge is 2.39. The third kappa shape index (κ3) is 3.39. The fraction of sp³-hybridized carbons (Fsp3) is 0.400. The SMILES string of the molecule is CC(c1cc(C(F)(F)F)ccc1[C@H]1CC[C@@H]1c1ncccn1)N1CC(=O)C=N1. The van der Waals surface area contributed by atoms with Crippen LogP contribution in [-0.2, 0) is 11.0 Å². The van der Waals surface area contributed by atoms with Crippen LogP contribution in [0.15, 0.2) is 41.8 Å². The van der Waals surface area contributed by atoms with Gasteiger partial charge in [-0.1, -0.05) is 6.07 Å². The molecule has 1 aliphatic heterocycles. The van der Waals surface area contributed by atoms with Crippen LogP contribution in [0.1, 0.15) is 60.2 Å². The quantitative estimate of drug-likeness (QED) is 0.792. The molecule has 0 amide bonds. The van der Waals surface area contributed by atoms with E-state index in [2.05, 4.69) is 15.1 Å². The van der Waals surface area contributed by atoms with Crippen molar-refractivity contribution in [2.45, 2.75) is 43.8 Å². The molecule has 0 bridgehead atoms. The van der Waals surface area contributed by atoms with Gasteiger partial charge in [0, 0.05) is 18.3 Å². The average Bonchev–Trinajstić information content (AvgIpc) is 3.07. The van der Waals surface area contributed by atoms with Crippen molar-refractivity contribution in [3.8, 4) is 0 Å². The van der Waals surface area contributed by atoms with Crippen molar-refractivity contribution in [1.82, 2.24) is 15.0 Å². The molecule has 0 radical (unpaired) electrons. The normalized spacial score (nSPS) is 23.0. The summed E-state index contributed by atoms with van der Waals surface area (Å²) in [6.07, 6.45) is 1.89. The highest BCUT2D eigenvalue weighted by atomic mass is 19.4. The number of alkyl halides is 3. The molecule has 4 rings (SSSR count). The Morgan fingerprint density at radius 1 is 1.14 bits per heavy atom. The van der Waals surface area contributed by atoms with Gasteiger partial charge < -0.3 is 0 Å². The van der Waals surface area contributed by atoms with Crippen molar-refractivity contribution in [2.75, 3.05) is 6.54 Å². The number of carbonyl (C=O) groups is 1. The summed E-state index contributed by atoms with van der Waals surface area (Å²) in [7, 11) is 0. The van der Waals surface area contributed by atoms with Crippen LogP contribution in [0.3, 0.4) is 0 Å². The lowest BCUT2D eigenvalue weighted by Crippen LogP contribution is -2.28. The lowest BCUT2D eigenvalue weighted by Gasteiger charge is -2.38. The maximum Gasteiger partial charge on any atom is 0.416 e. The van der Waals surface area contributed by atoms with Gasteiger partial charge >= 0.3 is 6.18 Å². The zero-order valence-corrected chi connectivity index (χ0v) is 15.2. The van der Waals surface area contributed by atoms with Crippen molar-refractivity contribution in [3.63, 3.8) is 0 Å². The monoisotopic (exact) mass is 388 g/mol. The largest absolute Gasteiger partial charge is 0.416 e. The molecular weight excluding hydrogens is 369 g/mol. The Hall–Kier alpha value is -2.77. The molecule has 2 aliphatic rings. The lowest BCUT2D eigenvalue weighted by atomic mass is 9.67. The number of hydrogen-bond donors (Lipinski definition) is 0. The highest BCUT2D eigenvalue weighted by molar-refractivity contribution is 6.29. The van der Waals surface area contributed by atoms with Crippen LogP contribution in [0, 0.1) is 0 Å². The molecule has 1 aromatic carbocycles. The zero-order chi connectivity index (χ0) is 19.9. The van der Waals surface area contributed by atoms with Crippen molar-refractivity contribution in [3.05, 3.63) is 59.2 Å². The number of hydrogen-bond acceptors (Lipinski definition) is 5. The maximum atomic E-state index is 13.3. The summed E-state index contributed by atoms with van der Waals surface area (Å²) in [5.41, 5.74) is 0.700. The molecule has 3 atom stereocenters. The van der Waals surface area contributed by atoms with E-state index in [0.29, 0.717) is 11.4 Å². The first-order valence-electron chi connectivity index (χ1n) is 9.16. The Kier molecular flexibility index (Phi) is 4.64. The van der Waals surface area contributed by atoms with Crippen LogP contribution in [0.5, 0.6) is 0 Å². The predicted molar refractivity (Wildman–Crippen MR) is 96.8 cm³/mol. The van der Waals surface area contributed by atoms with Crippen molar-refractivity contribution < 1.29 is 18.0 Å². The molecule has 1 saturated carbocycles. The van der Waals surface area contributed by atoms with Gasteiger partial charge in [-0.25, -0.2) is 9.97 Å². The van der Waals surface area contributed by atoms with Gasteiger partial charge in [-0.2, -0.15) is 18.3 Å². The van der Waals surface area contributed by atoms with Crippen LogP contribution in [0.2, 0.25) is 0 Å². The summed E-state index contributed by atoms with van der Waals surface area (Å²) >= 11 is 0. The molecule has 5 nitrogen and oxygen atoms in total. The molecule has 1 aliphatic carbocycles. The smallest absolute Gasteiger partial charge is 0.291 e. The standard InChI is InChI=1S/C20H19F3N4O/c1-12(27-11-14(28)10-26-27)18-9-13(20(21,22)23)3-4-16(18)15-5-6-17(15)19-24-7-2-8-25-19/h2-4,7-10,12,15,17H,5-6,11H2,1H3/t12?,15-,17+/m1/s1. The van der Waals surface area contributed by atoms with E-state index in [4.69, 9.17) is 0 Å². The van der Waals surface area contributed by atoms with Crippen molar-refractivity contribution in [2.24, 2.45) is 5.10 Å². The fourth-order valence-corrected chi connectivity index (χ4v) is 3.91. The van der Waals surface area contributed by atoms with E-state index in [0.717, 1.165) is 24.5 Å². The Morgan fingerprint density at radius 2 is 1.86 bits per heavy atom. The summed E-state index contributed by atoms with van der Waals surface area (Å²) in [5.74, 6) is 0.684. The molecule has 146 valence electrons. The van der Waals surface area contributed by atoms with Gasteiger partial charge in [0.1, 0.15) is 12.4 Å². The number of ketones is 1. The molecule has 0 saturated heterocycles. The summed E-state index contributed by atoms with van der Waals surface area (Å²) in [4.78, 5) is 20.2. The van der Waals surface area contributed by atoms with Gasteiger partial charge in [-0.3, -0.25) is 9.80 Å². The number of carbonyl (C=O) groups excluding carboxylic acids is 1. The van der Waals surface area contributed by atoms with Crippen molar-refractivity contribution >= 4 is 12.0 Å². The zero-order valence-electron chi connectivity index (χ0n) is 15.2. The number of aromatic nitrogens is 2. The van der Waals surface area contributed by atoms with Crippen LogP contribution < -0.4 is 0 Å². The van der Waals surface area contributed by atoms with Gasteiger partial charge in [0.15, 0.2) is 5.78 Å². The first-order chi connectivity index (χ1) is 13.3. The fourth-order valence-electron chi connectivity index (χ4n) is 3.91. The molecular formula is C20H19F3N4O. The summed E-state index contributed by atoms with van der Waals surface area (Å²) < 4.78 is 40.0. The minimum Gasteiger partial charge on any atom is -0.291 e. The van der Waals surface area contributed by atoms with E-state index in [9.17, 15) is 18.0 Å². The third-order valence-electron chi connectivity index (χ3n) is 5.57. The van der Waals surface area contributed by atoms with E-state index in [1.807, 2.05) is 0 Å². The number of Topliss-reactive ketones (excluding diaryl/α,β-unsaturated/α-hetero) is 1. The Morgan fingerprint density at radius 3 is 2.43 bits per heavy atom. The minimum absolute atomic E-state index is 0.0458. The average molecular weight is 388 g/mol. The topological polar surface area (TPSA) is 58.5 Å². The van der Waals surface area contributed by atoms with Gasteiger partial charge in [-0.05, 0) is 55.0 Å². The summed E-state index contributed by atoms with van der Waals surface area (Å²) in [5, 5.41) is 5.59. The molecule has 28 heavy (non-hydrogen) atoms. The minimum atomic E-state index is -4.43. The Bertz CT molecular complexity index is 913. The van der Waals surface area contributed by atoms with Crippen molar-refractivity contribution in [1.29, 1.82) is 0 Å². The predicted octanol–water partition coefficient (Wildman–Crippen LogP) is 4.09. The van der Waals surface area contributed by atoms with Gasteiger partial charge in [0.2, 0.25) is 0 Å². The molecule has 8 heteroatoms. The van der Waals surface area contributed by atoms with E-state index in [-0.39, 0.29) is 24.2 Å². The third-order valence-corrected chi connectivity index (χ3v) is 5.57. The second-order valence-electron chi connectivity index (χ2n) is 7.22. The lowest BCUT2D eigenvalue weighted by molar-refractivity contribution is -0.137. The molecule has 2 aromatic rings.